The van der Waals surface area contributed by atoms with E-state index >= 15 is 0 Å². The van der Waals surface area contributed by atoms with Crippen LogP contribution in [-0.4, -0.2) is 26.7 Å². The minimum Gasteiger partial charge on any atom is -0.355 e. The van der Waals surface area contributed by atoms with Crippen molar-refractivity contribution in [3.8, 4) is 5.69 Å². The van der Waals surface area contributed by atoms with E-state index in [0.29, 0.717) is 29.7 Å². The molecule has 2 heterocycles. The minimum absolute atomic E-state index is 0.0731. The van der Waals surface area contributed by atoms with Crippen molar-refractivity contribution < 1.29 is 9.18 Å². The Morgan fingerprint density at radius 3 is 2.41 bits per heavy atom. The maximum atomic E-state index is 14.8. The van der Waals surface area contributed by atoms with Crippen LogP contribution >= 0.6 is 0 Å². The molecule has 0 spiro atoms. The van der Waals surface area contributed by atoms with Gasteiger partial charge in [0.05, 0.1) is 16.9 Å². The molecule has 4 aromatic rings. The molecule has 0 aliphatic heterocycles. The van der Waals surface area contributed by atoms with Crippen LogP contribution in [0.5, 0.6) is 0 Å². The summed E-state index contributed by atoms with van der Waals surface area (Å²) >= 11 is 0. The summed E-state index contributed by atoms with van der Waals surface area (Å²) in [6, 6.07) is 10.7. The number of aryl methyl sites for hydroxylation is 2. The van der Waals surface area contributed by atoms with E-state index in [4.69, 9.17) is 0 Å². The lowest BCUT2D eigenvalue weighted by Crippen LogP contribution is -2.41. The zero-order chi connectivity index (χ0) is 26.6. The van der Waals surface area contributed by atoms with Gasteiger partial charge in [0.25, 0.3) is 17.0 Å². The molecule has 2 N–H and O–H groups in total. The van der Waals surface area contributed by atoms with Crippen molar-refractivity contribution in [1.29, 1.82) is 0 Å². The fourth-order valence-electron chi connectivity index (χ4n) is 4.63. The van der Waals surface area contributed by atoms with Crippen LogP contribution in [-0.2, 0) is 7.05 Å². The molecule has 1 aliphatic rings. The lowest BCUT2D eigenvalue weighted by Gasteiger charge is -2.21. The zero-order valence-corrected chi connectivity index (χ0v) is 20.9. The number of carbonyl (C=O) groups is 1. The Labute approximate surface area is 210 Å². The quantitative estimate of drug-likeness (QED) is 0.435. The summed E-state index contributed by atoms with van der Waals surface area (Å²) in [5.41, 5.74) is 0.109. The zero-order valence-electron chi connectivity index (χ0n) is 20.9. The molecule has 1 saturated carbocycles. The number of rotatable bonds is 5. The van der Waals surface area contributed by atoms with Crippen molar-refractivity contribution in [2.75, 3.05) is 12.4 Å². The van der Waals surface area contributed by atoms with E-state index in [2.05, 4.69) is 10.6 Å². The fourth-order valence-corrected chi connectivity index (χ4v) is 4.63. The van der Waals surface area contributed by atoms with E-state index in [-0.39, 0.29) is 39.9 Å². The molecule has 1 fully saturated rings. The Hall–Kier alpha value is -4.47. The molecule has 0 saturated heterocycles. The molecule has 0 unspecified atom stereocenters. The van der Waals surface area contributed by atoms with Gasteiger partial charge in [0.15, 0.2) is 0 Å². The molecule has 2 aromatic carbocycles. The number of pyridine rings is 1. The first-order chi connectivity index (χ1) is 17.6. The number of anilines is 2. The highest BCUT2D eigenvalue weighted by Gasteiger charge is 2.31. The Morgan fingerprint density at radius 2 is 1.76 bits per heavy atom. The number of aromatic nitrogens is 3. The second kappa shape index (κ2) is 8.88. The number of hydrogen-bond acceptors (Lipinski definition) is 5. The maximum Gasteiger partial charge on any atom is 0.336 e. The standard InChI is InChI=1S/C27H26FN5O4/c1-14-8-11-20(19(28)12-14)30-23-21-22(15(2)25(35)31(23)4)32(27(37)33(26(21)36)17-9-10-17)18-7-5-6-16(13-18)24(34)29-3/h5-8,11-13,17,30H,9-10H2,1-4H3,(H,29,34). The van der Waals surface area contributed by atoms with Crippen molar-refractivity contribution in [1.82, 2.24) is 19.0 Å². The molecule has 10 heteroatoms. The summed E-state index contributed by atoms with van der Waals surface area (Å²) in [4.78, 5) is 53.3. The van der Waals surface area contributed by atoms with Crippen molar-refractivity contribution >= 4 is 28.3 Å². The largest absolute Gasteiger partial charge is 0.355 e. The Morgan fingerprint density at radius 1 is 1.03 bits per heavy atom. The van der Waals surface area contributed by atoms with Gasteiger partial charge in [0, 0.05) is 31.3 Å². The van der Waals surface area contributed by atoms with Crippen LogP contribution in [0.3, 0.4) is 0 Å². The van der Waals surface area contributed by atoms with Gasteiger partial charge in [-0.25, -0.2) is 9.18 Å². The van der Waals surface area contributed by atoms with Crippen LogP contribution in [0.4, 0.5) is 15.9 Å². The second-order valence-electron chi connectivity index (χ2n) is 9.32. The van der Waals surface area contributed by atoms with Gasteiger partial charge in [-0.1, -0.05) is 12.1 Å². The lowest BCUT2D eigenvalue weighted by atomic mass is 10.1. The molecular weight excluding hydrogens is 477 g/mol. The first-order valence-corrected chi connectivity index (χ1v) is 11.9. The van der Waals surface area contributed by atoms with Crippen LogP contribution in [0.15, 0.2) is 56.8 Å². The van der Waals surface area contributed by atoms with Crippen LogP contribution in [0, 0.1) is 19.7 Å². The summed E-state index contributed by atoms with van der Waals surface area (Å²) in [6.07, 6.45) is 1.33. The van der Waals surface area contributed by atoms with Gasteiger partial charge in [-0.15, -0.1) is 0 Å². The van der Waals surface area contributed by atoms with Gasteiger partial charge in [-0.3, -0.25) is 28.1 Å². The van der Waals surface area contributed by atoms with Gasteiger partial charge in [-0.2, -0.15) is 0 Å². The van der Waals surface area contributed by atoms with Crippen LogP contribution in [0.25, 0.3) is 16.6 Å². The van der Waals surface area contributed by atoms with E-state index in [9.17, 15) is 23.6 Å². The summed E-state index contributed by atoms with van der Waals surface area (Å²) in [6.45, 7) is 3.30. The van der Waals surface area contributed by atoms with Crippen molar-refractivity contribution in [3.63, 3.8) is 0 Å². The van der Waals surface area contributed by atoms with Crippen molar-refractivity contribution in [2.24, 2.45) is 7.05 Å². The molecule has 0 atom stereocenters. The SMILES string of the molecule is CNC(=O)c1cccc(-n2c(=O)n(C3CC3)c(=O)c3c(Nc4ccc(C)cc4F)n(C)c(=O)c(C)c32)c1. The van der Waals surface area contributed by atoms with Gasteiger partial charge in [-0.05, 0) is 62.6 Å². The Bertz CT molecular complexity index is 1780. The number of halogens is 1. The number of carbonyl (C=O) groups excluding carboxylic acids is 1. The third-order valence-electron chi connectivity index (χ3n) is 6.73. The Kier molecular flexibility index (Phi) is 5.82. The van der Waals surface area contributed by atoms with Gasteiger partial charge in [0.2, 0.25) is 0 Å². The first-order valence-electron chi connectivity index (χ1n) is 11.9. The molecule has 190 valence electrons. The maximum absolute atomic E-state index is 14.8. The predicted molar refractivity (Wildman–Crippen MR) is 140 cm³/mol. The summed E-state index contributed by atoms with van der Waals surface area (Å²) in [5.74, 6) is -0.821. The minimum atomic E-state index is -0.599. The summed E-state index contributed by atoms with van der Waals surface area (Å²) in [7, 11) is 2.99. The van der Waals surface area contributed by atoms with E-state index < -0.39 is 22.6 Å². The number of nitrogens with one attached hydrogen (secondary N) is 2. The number of amides is 1. The molecule has 1 aliphatic carbocycles. The first kappa shape index (κ1) is 24.2. The topological polar surface area (TPSA) is 107 Å². The summed E-state index contributed by atoms with van der Waals surface area (Å²) < 4.78 is 18.5. The average molecular weight is 504 g/mol. The van der Waals surface area contributed by atoms with Gasteiger partial charge >= 0.3 is 5.69 Å². The molecule has 37 heavy (non-hydrogen) atoms. The third kappa shape index (κ3) is 3.94. The number of hydrogen-bond donors (Lipinski definition) is 2. The average Bonchev–Trinajstić information content (AvgIpc) is 3.71. The lowest BCUT2D eigenvalue weighted by molar-refractivity contribution is 0.0963. The smallest absolute Gasteiger partial charge is 0.336 e. The highest BCUT2D eigenvalue weighted by Crippen LogP contribution is 2.34. The van der Waals surface area contributed by atoms with Gasteiger partial charge in [0.1, 0.15) is 17.0 Å². The van der Waals surface area contributed by atoms with E-state index in [1.807, 2.05) is 0 Å². The van der Waals surface area contributed by atoms with Crippen molar-refractivity contribution in [3.05, 3.63) is 96.2 Å². The fraction of sp³-hybridized carbons (Fsp3) is 0.259. The molecule has 5 rings (SSSR count). The molecular formula is C27H26FN5O4. The predicted octanol–water partition coefficient (Wildman–Crippen LogP) is 3.05. The summed E-state index contributed by atoms with van der Waals surface area (Å²) in [5, 5.41) is 5.57. The number of nitrogens with zero attached hydrogens (tertiary/aromatic N) is 3. The molecule has 1 amide bonds. The van der Waals surface area contributed by atoms with Crippen LogP contribution in [0.1, 0.15) is 40.4 Å². The van der Waals surface area contributed by atoms with E-state index in [0.717, 1.165) is 0 Å². The number of fused-ring (bicyclic) bond motifs is 1. The van der Waals surface area contributed by atoms with Crippen LogP contribution < -0.4 is 27.4 Å². The van der Waals surface area contributed by atoms with Crippen molar-refractivity contribution in [2.45, 2.75) is 32.7 Å². The highest BCUT2D eigenvalue weighted by atomic mass is 19.1. The molecule has 9 nitrogen and oxygen atoms in total. The van der Waals surface area contributed by atoms with Gasteiger partial charge < -0.3 is 10.6 Å². The van der Waals surface area contributed by atoms with Crippen LogP contribution in [0.2, 0.25) is 0 Å². The Balaban J connectivity index is 1.92. The normalized spacial score (nSPS) is 13.1. The second-order valence-corrected chi connectivity index (χ2v) is 9.32. The third-order valence-corrected chi connectivity index (χ3v) is 6.73. The monoisotopic (exact) mass is 503 g/mol. The highest BCUT2D eigenvalue weighted by molar-refractivity contribution is 5.96. The van der Waals surface area contributed by atoms with E-state index in [1.54, 1.807) is 38.1 Å². The molecule has 0 bridgehead atoms. The number of benzene rings is 2. The van der Waals surface area contributed by atoms with E-state index in [1.165, 1.54) is 46.0 Å². The molecule has 0 radical (unpaired) electrons. The molecule has 2 aromatic heterocycles.